The van der Waals surface area contributed by atoms with Gasteiger partial charge in [0, 0.05) is 44.5 Å². The van der Waals surface area contributed by atoms with E-state index in [1.54, 1.807) is 0 Å². The van der Waals surface area contributed by atoms with Crippen LogP contribution in [0.3, 0.4) is 0 Å². The highest BCUT2D eigenvalue weighted by molar-refractivity contribution is 5.55. The maximum absolute atomic E-state index is 4.32. The van der Waals surface area contributed by atoms with Gasteiger partial charge in [0.25, 0.3) is 0 Å². The number of nitrogens with zero attached hydrogens (tertiary/aromatic N) is 4. The molecule has 3 aromatic rings. The average Bonchev–Trinajstić information content (AvgIpc) is 2.96. The van der Waals surface area contributed by atoms with Gasteiger partial charge >= 0.3 is 0 Å². The Bertz CT molecular complexity index is 825. The summed E-state index contributed by atoms with van der Waals surface area (Å²) < 4.78 is 2.07. The van der Waals surface area contributed by atoms with Crippen molar-refractivity contribution in [2.75, 3.05) is 25.0 Å². The number of pyridine rings is 1. The fraction of sp³-hybridized carbons (Fsp3) is 0.368. The number of para-hydroxylation sites is 1. The number of hydrogen-bond donors (Lipinski definition) is 1. The first kappa shape index (κ1) is 15.1. The molecule has 0 bridgehead atoms. The van der Waals surface area contributed by atoms with Crippen molar-refractivity contribution in [3.05, 3.63) is 60.0 Å². The third-order valence-electron chi connectivity index (χ3n) is 4.83. The van der Waals surface area contributed by atoms with E-state index in [1.165, 1.54) is 24.1 Å². The molecule has 1 unspecified atom stereocenters. The molecule has 0 saturated heterocycles. The topological polar surface area (TPSA) is 45.5 Å². The Morgan fingerprint density at radius 1 is 1.12 bits per heavy atom. The van der Waals surface area contributed by atoms with Crippen molar-refractivity contribution in [2.24, 2.45) is 0 Å². The summed E-state index contributed by atoms with van der Waals surface area (Å²) in [5.74, 6) is 1.01. The average molecular weight is 321 g/mol. The minimum Gasteiger partial charge on any atom is -0.374 e. The predicted octanol–water partition coefficient (Wildman–Crippen LogP) is 2.83. The number of rotatable bonds is 4. The van der Waals surface area contributed by atoms with Gasteiger partial charge in [-0.1, -0.05) is 24.3 Å². The van der Waals surface area contributed by atoms with Crippen molar-refractivity contribution in [2.45, 2.75) is 25.3 Å². The lowest BCUT2D eigenvalue weighted by Gasteiger charge is -2.22. The Hall–Kier alpha value is -2.40. The summed E-state index contributed by atoms with van der Waals surface area (Å²) >= 11 is 0. The van der Waals surface area contributed by atoms with Gasteiger partial charge in [-0.25, -0.2) is 0 Å². The molecule has 0 fully saturated rings. The summed E-state index contributed by atoms with van der Waals surface area (Å²) in [4.78, 5) is 2.36. The summed E-state index contributed by atoms with van der Waals surface area (Å²) in [5, 5.41) is 12.3. The smallest absolute Gasteiger partial charge is 0.160 e. The van der Waals surface area contributed by atoms with Gasteiger partial charge in [-0.15, -0.1) is 10.2 Å². The van der Waals surface area contributed by atoms with E-state index in [9.17, 15) is 0 Å². The molecular formula is C19H23N5. The quantitative estimate of drug-likeness (QED) is 0.802. The van der Waals surface area contributed by atoms with E-state index in [0.717, 1.165) is 31.0 Å². The van der Waals surface area contributed by atoms with Crippen LogP contribution in [0.25, 0.3) is 5.65 Å². The molecule has 1 aliphatic rings. The second kappa shape index (κ2) is 6.61. The monoisotopic (exact) mass is 321 g/mol. The van der Waals surface area contributed by atoms with E-state index in [0.29, 0.717) is 6.04 Å². The summed E-state index contributed by atoms with van der Waals surface area (Å²) in [7, 11) is 2.18. The molecule has 124 valence electrons. The number of nitrogens with one attached hydrogen (secondary N) is 1. The lowest BCUT2D eigenvalue weighted by molar-refractivity contribution is 0.496. The Morgan fingerprint density at radius 3 is 2.96 bits per heavy atom. The van der Waals surface area contributed by atoms with Crippen LogP contribution in [0.4, 0.5) is 5.69 Å². The van der Waals surface area contributed by atoms with Crippen LogP contribution in [0.1, 0.15) is 30.3 Å². The first-order valence-electron chi connectivity index (χ1n) is 8.65. The van der Waals surface area contributed by atoms with Crippen LogP contribution in [-0.2, 0) is 6.42 Å². The number of aromatic nitrogens is 3. The Labute approximate surface area is 142 Å². The van der Waals surface area contributed by atoms with Crippen LogP contribution in [0.15, 0.2) is 48.7 Å². The van der Waals surface area contributed by atoms with Gasteiger partial charge in [0.15, 0.2) is 5.65 Å². The Kier molecular flexibility index (Phi) is 4.17. The lowest BCUT2D eigenvalue weighted by Crippen LogP contribution is -2.24. The molecule has 2 aromatic heterocycles. The summed E-state index contributed by atoms with van der Waals surface area (Å²) in [6.45, 7) is 2.02. The third-order valence-corrected chi connectivity index (χ3v) is 4.83. The van der Waals surface area contributed by atoms with Gasteiger partial charge in [0.1, 0.15) is 5.82 Å². The maximum Gasteiger partial charge on any atom is 0.160 e. The van der Waals surface area contributed by atoms with Crippen molar-refractivity contribution in [3.63, 3.8) is 0 Å². The molecule has 3 heterocycles. The number of benzene rings is 1. The van der Waals surface area contributed by atoms with Crippen molar-refractivity contribution in [3.8, 4) is 0 Å². The van der Waals surface area contributed by atoms with Gasteiger partial charge in [0.2, 0.25) is 0 Å². The molecular weight excluding hydrogens is 298 g/mol. The van der Waals surface area contributed by atoms with Crippen molar-refractivity contribution >= 4 is 11.3 Å². The van der Waals surface area contributed by atoms with Crippen LogP contribution in [-0.4, -0.2) is 34.7 Å². The second-order valence-electron chi connectivity index (χ2n) is 6.42. The van der Waals surface area contributed by atoms with E-state index in [-0.39, 0.29) is 0 Å². The van der Waals surface area contributed by atoms with Crippen LogP contribution in [0, 0.1) is 0 Å². The normalized spacial score (nSPS) is 17.7. The maximum atomic E-state index is 4.32. The molecule has 5 heteroatoms. The fourth-order valence-electron chi connectivity index (χ4n) is 3.57. The molecule has 24 heavy (non-hydrogen) atoms. The van der Waals surface area contributed by atoms with Gasteiger partial charge in [-0.2, -0.15) is 0 Å². The van der Waals surface area contributed by atoms with Crippen LogP contribution < -0.4 is 10.2 Å². The zero-order chi connectivity index (χ0) is 16.4. The Morgan fingerprint density at radius 2 is 2.00 bits per heavy atom. The molecule has 0 saturated carbocycles. The minimum absolute atomic E-state index is 0.408. The SMILES string of the molecule is CN1CCCC(NCCc2nnc3ccccn23)c2ccccc21. The zero-order valence-corrected chi connectivity index (χ0v) is 14.0. The highest BCUT2D eigenvalue weighted by Crippen LogP contribution is 2.31. The van der Waals surface area contributed by atoms with Gasteiger partial charge in [-0.3, -0.25) is 4.40 Å². The molecule has 1 N–H and O–H groups in total. The van der Waals surface area contributed by atoms with Gasteiger partial charge in [-0.05, 0) is 36.6 Å². The molecule has 1 aromatic carbocycles. The highest BCUT2D eigenvalue weighted by Gasteiger charge is 2.20. The van der Waals surface area contributed by atoms with E-state index in [2.05, 4.69) is 56.1 Å². The Balaban J connectivity index is 1.47. The molecule has 0 amide bonds. The van der Waals surface area contributed by atoms with Gasteiger partial charge < -0.3 is 10.2 Å². The molecule has 1 aliphatic heterocycles. The largest absolute Gasteiger partial charge is 0.374 e. The van der Waals surface area contributed by atoms with Crippen molar-refractivity contribution < 1.29 is 0 Å². The molecule has 4 rings (SSSR count). The number of fused-ring (bicyclic) bond motifs is 2. The highest BCUT2D eigenvalue weighted by atomic mass is 15.2. The molecule has 0 spiro atoms. The van der Waals surface area contributed by atoms with E-state index < -0.39 is 0 Å². The van der Waals surface area contributed by atoms with Gasteiger partial charge in [0.05, 0.1) is 0 Å². The first-order chi connectivity index (χ1) is 11.8. The lowest BCUT2D eigenvalue weighted by atomic mass is 10.0. The summed E-state index contributed by atoms with van der Waals surface area (Å²) in [6, 6.07) is 15.1. The summed E-state index contributed by atoms with van der Waals surface area (Å²) in [5.41, 5.74) is 3.66. The first-order valence-corrected chi connectivity index (χ1v) is 8.65. The minimum atomic E-state index is 0.408. The summed E-state index contributed by atoms with van der Waals surface area (Å²) in [6.07, 6.45) is 5.28. The molecule has 5 nitrogen and oxygen atoms in total. The van der Waals surface area contributed by atoms with Crippen LogP contribution in [0.2, 0.25) is 0 Å². The molecule has 1 atom stereocenters. The molecule has 0 aliphatic carbocycles. The van der Waals surface area contributed by atoms with E-state index in [1.807, 2.05) is 24.4 Å². The van der Waals surface area contributed by atoms with Crippen molar-refractivity contribution in [1.29, 1.82) is 0 Å². The van der Waals surface area contributed by atoms with Crippen LogP contribution >= 0.6 is 0 Å². The predicted molar refractivity (Wildman–Crippen MR) is 96.4 cm³/mol. The van der Waals surface area contributed by atoms with E-state index >= 15 is 0 Å². The van der Waals surface area contributed by atoms with Crippen LogP contribution in [0.5, 0.6) is 0 Å². The number of anilines is 1. The fourth-order valence-corrected chi connectivity index (χ4v) is 3.57. The van der Waals surface area contributed by atoms with E-state index in [4.69, 9.17) is 0 Å². The molecule has 0 radical (unpaired) electrons. The van der Waals surface area contributed by atoms with Crippen molar-refractivity contribution in [1.82, 2.24) is 19.9 Å². The second-order valence-corrected chi connectivity index (χ2v) is 6.42. The zero-order valence-electron chi connectivity index (χ0n) is 14.0. The standard InChI is InChI=1S/C19H23N5/c1-23-13-6-8-16(15-7-2-3-9-17(15)23)20-12-11-19-22-21-18-10-4-5-14-24(18)19/h2-5,7,9-10,14,16,20H,6,8,11-13H2,1H3. The third kappa shape index (κ3) is 2.87. The number of hydrogen-bond acceptors (Lipinski definition) is 4.